The lowest BCUT2D eigenvalue weighted by molar-refractivity contribution is -0.123. The van der Waals surface area contributed by atoms with Gasteiger partial charge in [0.25, 0.3) is 11.5 Å². The summed E-state index contributed by atoms with van der Waals surface area (Å²) in [6, 6.07) is 11.8. The van der Waals surface area contributed by atoms with Crippen LogP contribution in [0.25, 0.3) is 6.08 Å². The first-order chi connectivity index (χ1) is 17.8. The van der Waals surface area contributed by atoms with Crippen molar-refractivity contribution < 1.29 is 4.79 Å². The van der Waals surface area contributed by atoms with Gasteiger partial charge in [-0.25, -0.2) is 0 Å². The number of hydrogen-bond donors (Lipinski definition) is 0. The third-order valence-corrected chi connectivity index (χ3v) is 8.76. The van der Waals surface area contributed by atoms with Crippen LogP contribution in [-0.2, 0) is 11.3 Å². The summed E-state index contributed by atoms with van der Waals surface area (Å²) in [7, 11) is 0. The molecule has 2 aromatic rings. The standard InChI is InChI=1S/C29H34N4O2S2/c1-5-6-14-32-26(31-15-12-19(2)13-16-31)23(20(3)24(18-30)27(32)34)17-25-28(35)33(29(36)37-25)21(4)22-10-8-7-9-11-22/h7-11,17,19,21H,5-6,12-16H2,1-4H3/b25-17-. The molecule has 8 heteroatoms. The number of unbranched alkanes of at least 4 members (excludes halogenated alkanes) is 1. The lowest BCUT2D eigenvalue weighted by Gasteiger charge is -2.35. The van der Waals surface area contributed by atoms with Crippen molar-refractivity contribution in [1.29, 1.82) is 5.26 Å². The summed E-state index contributed by atoms with van der Waals surface area (Å²) in [4.78, 5) is 31.6. The smallest absolute Gasteiger partial charge is 0.270 e. The molecule has 0 radical (unpaired) electrons. The number of rotatable bonds is 7. The van der Waals surface area contributed by atoms with Crippen LogP contribution in [0.2, 0.25) is 0 Å². The number of carbonyl (C=O) groups excluding carboxylic acids is 1. The summed E-state index contributed by atoms with van der Waals surface area (Å²) in [5.74, 6) is 1.31. The van der Waals surface area contributed by atoms with Crippen LogP contribution in [0, 0.1) is 24.2 Å². The van der Waals surface area contributed by atoms with Crippen LogP contribution in [0.15, 0.2) is 40.0 Å². The number of piperidine rings is 1. The zero-order chi connectivity index (χ0) is 26.7. The molecule has 1 atom stereocenters. The highest BCUT2D eigenvalue weighted by Crippen LogP contribution is 2.40. The Labute approximate surface area is 229 Å². The fraction of sp³-hybridized carbons (Fsp3) is 0.448. The van der Waals surface area contributed by atoms with Crippen molar-refractivity contribution >= 4 is 46.1 Å². The van der Waals surface area contributed by atoms with Gasteiger partial charge in [-0.05, 0) is 56.2 Å². The Kier molecular flexibility index (Phi) is 8.56. The number of pyridine rings is 1. The molecule has 194 valence electrons. The van der Waals surface area contributed by atoms with Crippen LogP contribution in [0.1, 0.15) is 74.8 Å². The van der Waals surface area contributed by atoms with E-state index in [9.17, 15) is 14.9 Å². The molecular weight excluding hydrogens is 500 g/mol. The highest BCUT2D eigenvalue weighted by atomic mass is 32.2. The van der Waals surface area contributed by atoms with E-state index >= 15 is 0 Å². The van der Waals surface area contributed by atoms with E-state index in [4.69, 9.17) is 12.2 Å². The molecule has 0 spiro atoms. The highest BCUT2D eigenvalue weighted by molar-refractivity contribution is 8.26. The molecule has 0 bridgehead atoms. The van der Waals surface area contributed by atoms with E-state index in [1.54, 1.807) is 9.47 Å². The van der Waals surface area contributed by atoms with Gasteiger partial charge in [0, 0.05) is 25.2 Å². The zero-order valence-corrected chi connectivity index (χ0v) is 23.6. The number of aromatic nitrogens is 1. The first kappa shape index (κ1) is 27.2. The van der Waals surface area contributed by atoms with Crippen molar-refractivity contribution in [3.63, 3.8) is 0 Å². The molecular formula is C29H34N4O2S2. The Morgan fingerprint density at radius 2 is 1.89 bits per heavy atom. The largest absolute Gasteiger partial charge is 0.357 e. The second-order valence-electron chi connectivity index (χ2n) is 9.97. The first-order valence-corrected chi connectivity index (χ1v) is 14.2. The molecule has 6 nitrogen and oxygen atoms in total. The van der Waals surface area contributed by atoms with Crippen molar-refractivity contribution in [2.75, 3.05) is 18.0 Å². The summed E-state index contributed by atoms with van der Waals surface area (Å²) in [5, 5.41) is 9.91. The summed E-state index contributed by atoms with van der Waals surface area (Å²) >= 11 is 6.94. The molecule has 2 fully saturated rings. The van der Waals surface area contributed by atoms with Crippen molar-refractivity contribution in [2.24, 2.45) is 5.92 Å². The van der Waals surface area contributed by atoms with Gasteiger partial charge in [-0.15, -0.1) is 0 Å². The predicted molar refractivity (Wildman–Crippen MR) is 156 cm³/mol. The Hall–Kier alpha value is -2.89. The molecule has 37 heavy (non-hydrogen) atoms. The van der Waals surface area contributed by atoms with Gasteiger partial charge in [-0.3, -0.25) is 19.1 Å². The van der Waals surface area contributed by atoms with Crippen LogP contribution in [0.3, 0.4) is 0 Å². The number of amides is 1. The van der Waals surface area contributed by atoms with E-state index in [1.165, 1.54) is 11.8 Å². The molecule has 3 heterocycles. The summed E-state index contributed by atoms with van der Waals surface area (Å²) < 4.78 is 2.28. The molecule has 0 aliphatic carbocycles. The van der Waals surface area contributed by atoms with Gasteiger partial charge in [0.2, 0.25) is 0 Å². The maximum absolute atomic E-state index is 13.7. The summed E-state index contributed by atoms with van der Waals surface area (Å²) in [5.41, 5.74) is 2.30. The van der Waals surface area contributed by atoms with E-state index in [2.05, 4.69) is 24.8 Å². The SMILES string of the molecule is CCCCn1c(N2CCC(C)CC2)c(/C=C2\SC(=S)N(C(C)c3ccccc3)C2=O)c(C)c(C#N)c1=O. The Morgan fingerprint density at radius 3 is 2.51 bits per heavy atom. The highest BCUT2D eigenvalue weighted by Gasteiger charge is 2.37. The van der Waals surface area contributed by atoms with Crippen LogP contribution in [0.4, 0.5) is 5.82 Å². The molecule has 2 saturated heterocycles. The minimum atomic E-state index is -0.246. The van der Waals surface area contributed by atoms with Crippen molar-refractivity contribution in [2.45, 2.75) is 66.0 Å². The van der Waals surface area contributed by atoms with Gasteiger partial charge >= 0.3 is 0 Å². The van der Waals surface area contributed by atoms with Gasteiger partial charge in [-0.2, -0.15) is 5.26 Å². The molecule has 1 unspecified atom stereocenters. The van der Waals surface area contributed by atoms with Crippen LogP contribution in [-0.4, -0.2) is 32.8 Å². The Balaban J connectivity index is 1.84. The predicted octanol–water partition coefficient (Wildman–Crippen LogP) is 6.03. The molecule has 2 aliphatic rings. The first-order valence-electron chi connectivity index (χ1n) is 13.0. The maximum Gasteiger partial charge on any atom is 0.270 e. The number of benzene rings is 1. The molecule has 1 amide bonds. The van der Waals surface area contributed by atoms with Crippen molar-refractivity contribution in [1.82, 2.24) is 9.47 Å². The normalized spacial score (nSPS) is 18.5. The quantitative estimate of drug-likeness (QED) is 0.319. The number of nitrogens with zero attached hydrogens (tertiary/aromatic N) is 4. The van der Waals surface area contributed by atoms with E-state index in [-0.39, 0.29) is 23.1 Å². The second kappa shape index (κ2) is 11.7. The number of thiocarbonyl (C=S) groups is 1. The van der Waals surface area contributed by atoms with Gasteiger partial charge < -0.3 is 4.90 Å². The van der Waals surface area contributed by atoms with Crippen LogP contribution in [0.5, 0.6) is 0 Å². The van der Waals surface area contributed by atoms with Gasteiger partial charge in [0.1, 0.15) is 21.8 Å². The molecule has 4 rings (SSSR count). The Bertz CT molecular complexity index is 1320. The van der Waals surface area contributed by atoms with Gasteiger partial charge in [0.05, 0.1) is 10.9 Å². The molecule has 0 saturated carbocycles. The summed E-state index contributed by atoms with van der Waals surface area (Å²) in [6.07, 6.45) is 5.71. The van der Waals surface area contributed by atoms with E-state index in [0.717, 1.165) is 55.7 Å². The van der Waals surface area contributed by atoms with Crippen molar-refractivity contribution in [3.05, 3.63) is 67.8 Å². The van der Waals surface area contributed by atoms with Gasteiger partial charge in [0.15, 0.2) is 0 Å². The number of anilines is 1. The van der Waals surface area contributed by atoms with Crippen molar-refractivity contribution in [3.8, 4) is 6.07 Å². The van der Waals surface area contributed by atoms with E-state index < -0.39 is 0 Å². The number of thioether (sulfide) groups is 1. The second-order valence-corrected chi connectivity index (χ2v) is 11.6. The zero-order valence-electron chi connectivity index (χ0n) is 22.0. The third kappa shape index (κ3) is 5.39. The maximum atomic E-state index is 13.7. The molecule has 0 N–H and O–H groups in total. The number of nitriles is 1. The molecule has 1 aromatic heterocycles. The fourth-order valence-corrected chi connectivity index (χ4v) is 6.45. The average molecular weight is 535 g/mol. The minimum absolute atomic E-state index is 0.143. The van der Waals surface area contributed by atoms with Gasteiger partial charge in [-0.1, -0.05) is 74.6 Å². The number of hydrogen-bond acceptors (Lipinski definition) is 6. The minimum Gasteiger partial charge on any atom is -0.357 e. The monoisotopic (exact) mass is 534 g/mol. The van der Waals surface area contributed by atoms with Crippen LogP contribution >= 0.6 is 24.0 Å². The molecule has 1 aromatic carbocycles. The fourth-order valence-electron chi connectivity index (χ4n) is 5.05. The molecule has 2 aliphatic heterocycles. The van der Waals surface area contributed by atoms with E-state index in [0.29, 0.717) is 27.3 Å². The van der Waals surface area contributed by atoms with E-state index in [1.807, 2.05) is 50.3 Å². The van der Waals surface area contributed by atoms with Crippen LogP contribution < -0.4 is 10.5 Å². The number of carbonyl (C=O) groups is 1. The average Bonchev–Trinajstić information content (AvgIpc) is 3.18. The lowest BCUT2D eigenvalue weighted by atomic mass is 9.97. The topological polar surface area (TPSA) is 69.3 Å². The third-order valence-electron chi connectivity index (χ3n) is 7.43. The Morgan fingerprint density at radius 1 is 1.22 bits per heavy atom. The lowest BCUT2D eigenvalue weighted by Crippen LogP contribution is -2.39. The summed E-state index contributed by atoms with van der Waals surface area (Å²) in [6.45, 7) is 10.4.